The van der Waals surface area contributed by atoms with Crippen molar-refractivity contribution in [2.24, 2.45) is 0 Å². The van der Waals surface area contributed by atoms with Crippen molar-refractivity contribution < 1.29 is 62.2 Å². The van der Waals surface area contributed by atoms with Crippen molar-refractivity contribution >= 4 is 21.8 Å². The predicted molar refractivity (Wildman–Crippen MR) is 94.6 cm³/mol. The summed E-state index contributed by atoms with van der Waals surface area (Å²) in [6, 6.07) is 6.92. The van der Waals surface area contributed by atoms with E-state index in [0.717, 1.165) is 12.1 Å². The van der Waals surface area contributed by atoms with Crippen molar-refractivity contribution in [1.29, 1.82) is 0 Å². The predicted octanol–water partition coefficient (Wildman–Crippen LogP) is 0.670. The molecule has 0 saturated heterocycles. The third-order valence-corrected chi connectivity index (χ3v) is 4.92. The topological polar surface area (TPSA) is 77.1 Å². The smallest absolute Gasteiger partial charge is 1.00 e. The second-order valence-electron chi connectivity index (χ2n) is 5.67. The molecule has 1 unspecified atom stereocenters. The number of halogens is 4. The number of aromatic nitrogens is 3. The van der Waals surface area contributed by atoms with Gasteiger partial charge in [-0.1, -0.05) is 0 Å². The van der Waals surface area contributed by atoms with Crippen LogP contribution in [-0.2, 0) is 17.2 Å². The summed E-state index contributed by atoms with van der Waals surface area (Å²) in [5.41, 5.74) is 1.27. The number of fused-ring (bicyclic) bond motifs is 1. The molecule has 0 amide bonds. The first-order chi connectivity index (χ1) is 13.3. The van der Waals surface area contributed by atoms with E-state index in [1.54, 1.807) is 18.3 Å². The maximum absolute atomic E-state index is 13.0. The Morgan fingerprint density at radius 1 is 1.24 bits per heavy atom. The van der Waals surface area contributed by atoms with E-state index in [0.29, 0.717) is 23.4 Å². The first kappa shape index (κ1) is 23.6. The van der Waals surface area contributed by atoms with Crippen LogP contribution in [0.25, 0.3) is 11.0 Å². The van der Waals surface area contributed by atoms with Crippen molar-refractivity contribution in [3.63, 3.8) is 0 Å². The van der Waals surface area contributed by atoms with Crippen LogP contribution in [0.3, 0.4) is 0 Å². The second kappa shape index (κ2) is 9.88. The fourth-order valence-electron chi connectivity index (χ4n) is 2.35. The van der Waals surface area contributed by atoms with E-state index in [1.807, 2.05) is 0 Å². The third kappa shape index (κ3) is 5.91. The average molecular weight is 441 g/mol. The Hall–Kier alpha value is -1.69. The Morgan fingerprint density at radius 2 is 2.00 bits per heavy atom. The van der Waals surface area contributed by atoms with Gasteiger partial charge in [0.2, 0.25) is 0 Å². The van der Waals surface area contributed by atoms with Crippen LogP contribution in [0.15, 0.2) is 41.7 Å². The first-order valence-electron chi connectivity index (χ1n) is 8.00. The minimum absolute atomic E-state index is 0. The molecule has 0 fully saturated rings. The van der Waals surface area contributed by atoms with E-state index in [9.17, 15) is 21.8 Å². The maximum Gasteiger partial charge on any atom is 1.00 e. The van der Waals surface area contributed by atoms with Crippen LogP contribution in [0.5, 0.6) is 11.5 Å². The molecule has 12 heteroatoms. The van der Waals surface area contributed by atoms with Crippen molar-refractivity contribution in [2.75, 3.05) is 12.9 Å². The molecule has 0 aliphatic rings. The number of hydrogen-bond donors (Lipinski definition) is 1. The number of imidazole rings is 1. The molecule has 2 aromatic heterocycles. The Morgan fingerprint density at radius 3 is 2.69 bits per heavy atom. The van der Waals surface area contributed by atoms with E-state index in [-0.39, 0.29) is 47.4 Å². The van der Waals surface area contributed by atoms with Gasteiger partial charge < -0.3 is 15.9 Å². The number of H-pyrrole nitrogens is 1. The fraction of sp³-hybridized carbons (Fsp3) is 0.294. The van der Waals surface area contributed by atoms with Crippen LogP contribution in [0.1, 0.15) is 7.12 Å². The average Bonchev–Trinajstić information content (AvgIpc) is 3.09. The van der Waals surface area contributed by atoms with Crippen LogP contribution < -0.4 is 39.0 Å². The summed E-state index contributed by atoms with van der Waals surface area (Å²) in [5, 5.41) is 0.135. The van der Waals surface area contributed by atoms with Gasteiger partial charge in [-0.05, 0) is 18.2 Å². The van der Waals surface area contributed by atoms with Gasteiger partial charge in [0.15, 0.2) is 5.16 Å². The van der Waals surface area contributed by atoms with E-state index in [1.165, 1.54) is 13.2 Å². The molecule has 0 aliphatic heterocycles. The molecule has 0 radical (unpaired) electrons. The minimum Gasteiger partial charge on any atom is -1.00 e. The van der Waals surface area contributed by atoms with Gasteiger partial charge in [0, 0.05) is 36.2 Å². The quantitative estimate of drug-likeness (QED) is 0.411. The Balaban J connectivity index is 0.00000225. The molecule has 29 heavy (non-hydrogen) atoms. The molecule has 2 heterocycles. The zero-order chi connectivity index (χ0) is 20.3. The van der Waals surface area contributed by atoms with E-state index in [2.05, 4.69) is 19.7 Å². The zero-order valence-corrected chi connectivity index (χ0v) is 18.3. The number of alkyl halides is 4. The summed E-state index contributed by atoms with van der Waals surface area (Å²) in [4.78, 5) is 11.0. The van der Waals surface area contributed by atoms with Gasteiger partial charge in [-0.15, -0.1) is 0 Å². The molecule has 0 saturated carbocycles. The fourth-order valence-corrected chi connectivity index (χ4v) is 3.36. The van der Waals surface area contributed by atoms with E-state index in [4.69, 9.17) is 4.74 Å². The molecule has 1 atom stereocenters. The van der Waals surface area contributed by atoms with E-state index < -0.39 is 29.1 Å². The molecule has 0 bridgehead atoms. The van der Waals surface area contributed by atoms with Crippen LogP contribution in [0, 0.1) is 0 Å². The van der Waals surface area contributed by atoms with Crippen LogP contribution in [0.4, 0.5) is 17.6 Å². The SMILES string of the molecule is COc1ccnc(CCS(=O)c2nc3ccc(OC(F)(F)C(F)F)cc3[nH]2)c1.[H-].[Na+]. The number of nitrogens with one attached hydrogen (secondary N) is 1. The minimum atomic E-state index is -4.61. The molecular weight excluding hydrogens is 425 g/mol. The Labute approximate surface area is 189 Å². The normalized spacial score (nSPS) is 12.6. The number of aromatic amines is 1. The van der Waals surface area contributed by atoms with Crippen LogP contribution in [0.2, 0.25) is 0 Å². The summed E-state index contributed by atoms with van der Waals surface area (Å²) < 4.78 is 72.1. The third-order valence-electron chi connectivity index (χ3n) is 3.72. The van der Waals surface area contributed by atoms with Gasteiger partial charge in [-0.25, -0.2) is 4.98 Å². The summed E-state index contributed by atoms with van der Waals surface area (Å²) in [7, 11) is 0.0141. The van der Waals surface area contributed by atoms with Gasteiger partial charge in [0.05, 0.1) is 28.9 Å². The van der Waals surface area contributed by atoms with Crippen LogP contribution in [-0.4, -0.2) is 44.6 Å². The standard InChI is InChI=1S/C17H15F4N3O3S.Na.H/c1-26-11-4-6-22-10(8-11)5-7-28(25)16-23-13-3-2-12(9-14(13)24-16)27-17(20,21)15(18)19;;/h2-4,6,8-9,15H,5,7H2,1H3,(H,23,24);;/q;+1;-1. The molecule has 152 valence electrons. The number of nitrogens with zero attached hydrogens (tertiary/aromatic N) is 2. The van der Waals surface area contributed by atoms with E-state index >= 15 is 0 Å². The molecule has 6 nitrogen and oxygen atoms in total. The number of rotatable bonds is 8. The van der Waals surface area contributed by atoms with Gasteiger partial charge in [-0.2, -0.15) is 17.6 Å². The Bertz CT molecular complexity index is 1010. The maximum atomic E-state index is 13.0. The number of methoxy groups -OCH3 is 1. The van der Waals surface area contributed by atoms with Crippen molar-refractivity contribution in [3.05, 3.63) is 42.2 Å². The molecule has 1 aromatic carbocycles. The van der Waals surface area contributed by atoms with Gasteiger partial charge >= 0.3 is 42.1 Å². The number of ether oxygens (including phenoxy) is 2. The van der Waals surface area contributed by atoms with Gasteiger partial charge in [-0.3, -0.25) is 9.19 Å². The zero-order valence-electron chi connectivity index (χ0n) is 16.5. The molecule has 3 rings (SSSR count). The van der Waals surface area contributed by atoms with Crippen molar-refractivity contribution in [3.8, 4) is 11.5 Å². The van der Waals surface area contributed by atoms with Gasteiger partial charge in [0.1, 0.15) is 11.5 Å². The summed E-state index contributed by atoms with van der Waals surface area (Å²) in [5.74, 6) is 0.388. The summed E-state index contributed by atoms with van der Waals surface area (Å²) >= 11 is 0. The summed E-state index contributed by atoms with van der Waals surface area (Å²) in [6.07, 6.45) is -6.59. The summed E-state index contributed by atoms with van der Waals surface area (Å²) in [6.45, 7) is 0. The molecule has 3 aromatic rings. The first-order valence-corrected chi connectivity index (χ1v) is 9.32. The second-order valence-corrected chi connectivity index (χ2v) is 7.16. The molecule has 1 N–H and O–H groups in total. The van der Waals surface area contributed by atoms with Gasteiger partial charge in [0.25, 0.3) is 0 Å². The van der Waals surface area contributed by atoms with Crippen LogP contribution >= 0.6 is 0 Å². The Kier molecular flexibility index (Phi) is 8.03. The number of pyridine rings is 1. The largest absolute Gasteiger partial charge is 1.00 e. The molecular formula is C17H16F4N3NaO3S. The number of benzene rings is 1. The monoisotopic (exact) mass is 441 g/mol. The van der Waals surface area contributed by atoms with Crippen molar-refractivity contribution in [2.45, 2.75) is 24.1 Å². The molecule has 0 spiro atoms. The van der Waals surface area contributed by atoms with Crippen molar-refractivity contribution in [1.82, 2.24) is 15.0 Å². The molecule has 0 aliphatic carbocycles. The number of hydrogen-bond acceptors (Lipinski definition) is 5. The number of aryl methyl sites for hydroxylation is 1.